The van der Waals surface area contributed by atoms with E-state index in [1.165, 1.54) is 28.2 Å². The van der Waals surface area contributed by atoms with E-state index in [4.69, 9.17) is 4.74 Å². The molecule has 3 aromatic rings. The number of thiophene rings is 1. The molecule has 0 radical (unpaired) electrons. The van der Waals surface area contributed by atoms with Crippen LogP contribution in [0.5, 0.6) is 5.75 Å². The van der Waals surface area contributed by atoms with Gasteiger partial charge in [-0.05, 0) is 42.1 Å². The standard InChI is InChI=1S/C19H17N3O3S2/c1-11(20-18(24)16-3-2-8-26-16)17(23)22-19-21-14(10-27-19)12-4-5-15-13(9-12)6-7-25-15/h2-5,8-11H,6-7H2,1H3,(H,20,24)(H,21,22,23)/t11-/m0/s1. The molecular formula is C19H17N3O3S2. The number of anilines is 1. The molecule has 1 aliphatic rings. The van der Waals surface area contributed by atoms with Crippen molar-refractivity contribution < 1.29 is 14.3 Å². The van der Waals surface area contributed by atoms with Gasteiger partial charge in [0.25, 0.3) is 5.91 Å². The average molecular weight is 399 g/mol. The van der Waals surface area contributed by atoms with Crippen LogP contribution in [0.2, 0.25) is 0 Å². The Hall–Kier alpha value is -2.71. The minimum absolute atomic E-state index is 0.257. The number of carbonyl (C=O) groups excluding carboxylic acids is 2. The van der Waals surface area contributed by atoms with E-state index in [2.05, 4.69) is 21.7 Å². The predicted octanol–water partition coefficient (Wildman–Crippen LogP) is 3.56. The number of amides is 2. The number of nitrogens with one attached hydrogen (secondary N) is 2. The molecule has 1 aliphatic heterocycles. The maximum absolute atomic E-state index is 12.3. The molecule has 0 saturated heterocycles. The summed E-state index contributed by atoms with van der Waals surface area (Å²) in [6.45, 7) is 2.36. The fraction of sp³-hybridized carbons (Fsp3) is 0.211. The normalized spacial score (nSPS) is 13.5. The van der Waals surface area contributed by atoms with Crippen LogP contribution in [-0.4, -0.2) is 29.4 Å². The van der Waals surface area contributed by atoms with Crippen molar-refractivity contribution in [3.8, 4) is 17.0 Å². The molecule has 4 rings (SSSR count). The molecule has 0 unspecified atom stereocenters. The molecule has 2 N–H and O–H groups in total. The number of carbonyl (C=O) groups is 2. The van der Waals surface area contributed by atoms with Crippen LogP contribution in [0, 0.1) is 0 Å². The number of hydrogen-bond donors (Lipinski definition) is 2. The fourth-order valence-electron chi connectivity index (χ4n) is 2.76. The topological polar surface area (TPSA) is 80.3 Å². The van der Waals surface area contributed by atoms with Crippen LogP contribution in [0.1, 0.15) is 22.2 Å². The molecule has 6 nitrogen and oxygen atoms in total. The number of hydrogen-bond acceptors (Lipinski definition) is 6. The van der Waals surface area contributed by atoms with Gasteiger partial charge in [0.1, 0.15) is 11.8 Å². The van der Waals surface area contributed by atoms with Gasteiger partial charge in [-0.1, -0.05) is 6.07 Å². The van der Waals surface area contributed by atoms with Gasteiger partial charge in [0.05, 0.1) is 17.2 Å². The van der Waals surface area contributed by atoms with Crippen LogP contribution in [0.3, 0.4) is 0 Å². The summed E-state index contributed by atoms with van der Waals surface area (Å²) in [4.78, 5) is 29.5. The van der Waals surface area contributed by atoms with Crippen molar-refractivity contribution in [2.45, 2.75) is 19.4 Å². The maximum Gasteiger partial charge on any atom is 0.261 e. The van der Waals surface area contributed by atoms with Crippen LogP contribution < -0.4 is 15.4 Å². The number of ether oxygens (including phenoxy) is 1. The summed E-state index contributed by atoms with van der Waals surface area (Å²) in [5.41, 5.74) is 2.98. The maximum atomic E-state index is 12.3. The summed E-state index contributed by atoms with van der Waals surface area (Å²) in [6.07, 6.45) is 0.901. The van der Waals surface area contributed by atoms with E-state index in [-0.39, 0.29) is 11.8 Å². The van der Waals surface area contributed by atoms with E-state index in [9.17, 15) is 9.59 Å². The van der Waals surface area contributed by atoms with Gasteiger partial charge >= 0.3 is 0 Å². The second-order valence-corrected chi connectivity index (χ2v) is 7.93. The zero-order chi connectivity index (χ0) is 18.8. The molecule has 138 valence electrons. The molecule has 3 heterocycles. The highest BCUT2D eigenvalue weighted by Crippen LogP contribution is 2.31. The molecule has 0 saturated carbocycles. The molecule has 0 spiro atoms. The molecule has 27 heavy (non-hydrogen) atoms. The zero-order valence-corrected chi connectivity index (χ0v) is 16.2. The summed E-state index contributed by atoms with van der Waals surface area (Å²) in [7, 11) is 0. The van der Waals surface area contributed by atoms with Gasteiger partial charge in [0.15, 0.2) is 5.13 Å². The van der Waals surface area contributed by atoms with E-state index >= 15 is 0 Å². The summed E-state index contributed by atoms with van der Waals surface area (Å²) in [6, 6.07) is 8.86. The van der Waals surface area contributed by atoms with Crippen molar-refractivity contribution in [2.24, 2.45) is 0 Å². The van der Waals surface area contributed by atoms with E-state index in [0.29, 0.717) is 16.6 Å². The highest BCUT2D eigenvalue weighted by molar-refractivity contribution is 7.14. The summed E-state index contributed by atoms with van der Waals surface area (Å²) < 4.78 is 5.52. The smallest absolute Gasteiger partial charge is 0.261 e. The number of benzene rings is 1. The van der Waals surface area contributed by atoms with Crippen LogP contribution in [0.15, 0.2) is 41.1 Å². The molecule has 0 bridgehead atoms. The molecule has 0 fully saturated rings. The summed E-state index contributed by atoms with van der Waals surface area (Å²) >= 11 is 2.69. The quantitative estimate of drug-likeness (QED) is 0.687. The van der Waals surface area contributed by atoms with Gasteiger partial charge in [-0.25, -0.2) is 4.98 Å². The van der Waals surface area contributed by atoms with Gasteiger partial charge in [-0.3, -0.25) is 9.59 Å². The first-order chi connectivity index (χ1) is 13.1. The second kappa shape index (κ2) is 7.50. The number of nitrogens with zero attached hydrogens (tertiary/aromatic N) is 1. The van der Waals surface area contributed by atoms with Crippen molar-refractivity contribution in [3.05, 3.63) is 51.5 Å². The average Bonchev–Trinajstić information content (AvgIpc) is 3.41. The van der Waals surface area contributed by atoms with Crippen LogP contribution in [0.25, 0.3) is 11.3 Å². The number of thiazole rings is 1. The molecule has 1 atom stereocenters. The van der Waals surface area contributed by atoms with Gasteiger partial charge in [0, 0.05) is 17.4 Å². The number of fused-ring (bicyclic) bond motifs is 1. The first kappa shape index (κ1) is 17.7. The lowest BCUT2D eigenvalue weighted by Gasteiger charge is -2.12. The third-order valence-electron chi connectivity index (χ3n) is 4.21. The predicted molar refractivity (Wildman–Crippen MR) is 107 cm³/mol. The van der Waals surface area contributed by atoms with Gasteiger partial charge < -0.3 is 15.4 Å². The Bertz CT molecular complexity index is 982. The summed E-state index contributed by atoms with van der Waals surface area (Å²) in [5, 5.41) is 9.69. The number of rotatable bonds is 5. The minimum Gasteiger partial charge on any atom is -0.493 e. The highest BCUT2D eigenvalue weighted by atomic mass is 32.1. The van der Waals surface area contributed by atoms with Gasteiger partial charge in [-0.15, -0.1) is 22.7 Å². The first-order valence-corrected chi connectivity index (χ1v) is 10.2. The van der Waals surface area contributed by atoms with Gasteiger partial charge in [-0.2, -0.15) is 0 Å². The van der Waals surface area contributed by atoms with Crippen molar-refractivity contribution in [3.63, 3.8) is 0 Å². The van der Waals surface area contributed by atoms with Gasteiger partial charge in [0.2, 0.25) is 5.91 Å². The second-order valence-electron chi connectivity index (χ2n) is 6.12. The lowest BCUT2D eigenvalue weighted by Crippen LogP contribution is -2.41. The van der Waals surface area contributed by atoms with Crippen molar-refractivity contribution in [1.82, 2.24) is 10.3 Å². The molecule has 0 aliphatic carbocycles. The van der Waals surface area contributed by atoms with Crippen molar-refractivity contribution >= 4 is 39.6 Å². The Labute approximate surface area is 164 Å². The molecular weight excluding hydrogens is 382 g/mol. The van der Waals surface area contributed by atoms with Crippen LogP contribution in [-0.2, 0) is 11.2 Å². The van der Waals surface area contributed by atoms with Crippen LogP contribution >= 0.6 is 22.7 Å². The third kappa shape index (κ3) is 3.86. The van der Waals surface area contributed by atoms with Crippen LogP contribution in [0.4, 0.5) is 5.13 Å². The lowest BCUT2D eigenvalue weighted by molar-refractivity contribution is -0.117. The Morgan fingerprint density at radius 3 is 2.96 bits per heavy atom. The molecule has 2 amide bonds. The van der Waals surface area contributed by atoms with E-state index in [0.717, 1.165) is 23.4 Å². The van der Waals surface area contributed by atoms with Crippen molar-refractivity contribution in [1.29, 1.82) is 0 Å². The molecule has 8 heteroatoms. The van der Waals surface area contributed by atoms with E-state index in [1.54, 1.807) is 19.1 Å². The Morgan fingerprint density at radius 2 is 2.15 bits per heavy atom. The van der Waals surface area contributed by atoms with E-state index < -0.39 is 6.04 Å². The Kier molecular flexibility index (Phi) is 4.91. The monoisotopic (exact) mass is 399 g/mol. The zero-order valence-electron chi connectivity index (χ0n) is 14.5. The lowest BCUT2D eigenvalue weighted by atomic mass is 10.1. The molecule has 2 aromatic heterocycles. The SMILES string of the molecule is C[C@H](NC(=O)c1cccs1)C(=O)Nc1nc(-c2ccc3c(c2)CCO3)cs1. The largest absolute Gasteiger partial charge is 0.493 e. The summed E-state index contributed by atoms with van der Waals surface area (Å²) in [5.74, 6) is 0.369. The minimum atomic E-state index is -0.663. The van der Waals surface area contributed by atoms with E-state index in [1.807, 2.05) is 22.9 Å². The Balaban J connectivity index is 1.40. The third-order valence-corrected chi connectivity index (χ3v) is 5.83. The first-order valence-electron chi connectivity index (χ1n) is 8.47. The fourth-order valence-corrected chi connectivity index (χ4v) is 4.11. The highest BCUT2D eigenvalue weighted by Gasteiger charge is 2.19. The van der Waals surface area contributed by atoms with Crippen molar-refractivity contribution in [2.75, 3.05) is 11.9 Å². The Morgan fingerprint density at radius 1 is 1.26 bits per heavy atom. The molecule has 1 aromatic carbocycles. The number of aromatic nitrogens is 1.